The molecule has 0 aromatic rings. The smallest absolute Gasteiger partial charge is 0.356 e. The Hall–Kier alpha value is -0.290. The quantitative estimate of drug-likeness (QED) is 0.374. The first-order chi connectivity index (χ1) is 9.94. The van der Waals surface area contributed by atoms with Crippen LogP contribution >= 0.6 is 24.0 Å². The number of alkyl halides is 3. The first kappa shape index (κ1) is 21.7. The van der Waals surface area contributed by atoms with Crippen LogP contribution in [0.4, 0.5) is 13.2 Å². The zero-order valence-electron chi connectivity index (χ0n) is 13.2. The Balaban J connectivity index is 0.00000441. The predicted molar refractivity (Wildman–Crippen MR) is 94.0 cm³/mol. The monoisotopic (exact) mass is 437 g/mol. The molecule has 0 radical (unpaired) electrons. The van der Waals surface area contributed by atoms with Gasteiger partial charge in [-0.05, 0) is 6.54 Å². The van der Waals surface area contributed by atoms with Crippen molar-refractivity contribution in [1.29, 1.82) is 0 Å². The summed E-state index contributed by atoms with van der Waals surface area (Å²) in [6, 6.07) is 0. The number of rotatable bonds is 6. The summed E-state index contributed by atoms with van der Waals surface area (Å²) >= 11 is 0. The molecule has 1 rings (SSSR count). The summed E-state index contributed by atoms with van der Waals surface area (Å²) < 4.78 is 36.2. The normalized spacial score (nSPS) is 18.0. The summed E-state index contributed by atoms with van der Waals surface area (Å²) in [5, 5.41) is 5.72. The number of nitrogens with zero attached hydrogens (tertiary/aromatic N) is 3. The third-order valence-electron chi connectivity index (χ3n) is 3.56. The van der Waals surface area contributed by atoms with E-state index in [1.165, 1.54) is 0 Å². The molecule has 132 valence electrons. The summed E-state index contributed by atoms with van der Waals surface area (Å²) in [5.74, 6) is 0.423. The van der Waals surface area contributed by atoms with Crippen molar-refractivity contribution in [3.63, 3.8) is 0 Å². The Morgan fingerprint density at radius 1 is 1.05 bits per heavy atom. The summed E-state index contributed by atoms with van der Waals surface area (Å²) in [6.07, 6.45) is -4.99. The van der Waals surface area contributed by atoms with Gasteiger partial charge in [0.15, 0.2) is 5.96 Å². The molecule has 0 amide bonds. The lowest BCUT2D eigenvalue weighted by Gasteiger charge is -2.34. The van der Waals surface area contributed by atoms with Gasteiger partial charge in [0.1, 0.15) is 0 Å². The maximum Gasteiger partial charge on any atom is 0.390 e. The van der Waals surface area contributed by atoms with Crippen molar-refractivity contribution >= 4 is 29.9 Å². The molecule has 0 bridgehead atoms. The van der Waals surface area contributed by atoms with Crippen molar-refractivity contribution in [2.75, 3.05) is 59.4 Å². The van der Waals surface area contributed by atoms with Crippen molar-refractivity contribution in [2.45, 2.75) is 19.5 Å². The van der Waals surface area contributed by atoms with Gasteiger partial charge in [-0.25, -0.2) is 0 Å². The van der Waals surface area contributed by atoms with E-state index in [0.29, 0.717) is 12.5 Å². The number of halogens is 4. The Morgan fingerprint density at radius 3 is 2.09 bits per heavy atom. The molecule has 0 spiro atoms. The van der Waals surface area contributed by atoms with Crippen LogP contribution in [0.3, 0.4) is 0 Å². The summed E-state index contributed by atoms with van der Waals surface area (Å²) in [4.78, 5) is 8.67. The van der Waals surface area contributed by atoms with Crippen LogP contribution in [-0.4, -0.2) is 81.3 Å². The molecule has 1 heterocycles. The Labute approximate surface area is 147 Å². The molecule has 1 aliphatic heterocycles. The van der Waals surface area contributed by atoms with E-state index < -0.39 is 12.6 Å². The van der Waals surface area contributed by atoms with Crippen molar-refractivity contribution in [1.82, 2.24) is 20.4 Å². The third kappa shape index (κ3) is 9.67. The number of hydrogen-bond donors (Lipinski definition) is 2. The van der Waals surface area contributed by atoms with Crippen LogP contribution in [0.25, 0.3) is 0 Å². The van der Waals surface area contributed by atoms with E-state index in [0.717, 1.165) is 39.3 Å². The molecule has 0 atom stereocenters. The fraction of sp³-hybridized carbons (Fsp3) is 0.923. The van der Waals surface area contributed by atoms with Gasteiger partial charge in [-0.3, -0.25) is 9.89 Å². The molecule has 1 fully saturated rings. The van der Waals surface area contributed by atoms with Gasteiger partial charge < -0.3 is 15.5 Å². The van der Waals surface area contributed by atoms with E-state index in [1.807, 2.05) is 0 Å². The van der Waals surface area contributed by atoms with Crippen LogP contribution in [0.5, 0.6) is 0 Å². The summed E-state index contributed by atoms with van der Waals surface area (Å²) in [5.41, 5.74) is 0. The molecule has 5 nitrogen and oxygen atoms in total. The molecule has 1 saturated heterocycles. The maximum absolute atomic E-state index is 12.1. The number of piperazine rings is 1. The molecule has 9 heteroatoms. The molecule has 1 aliphatic rings. The number of aliphatic imine (C=N–C) groups is 1. The second-order valence-electron chi connectivity index (χ2n) is 5.07. The zero-order chi connectivity index (χ0) is 15.7. The average Bonchev–Trinajstić information content (AvgIpc) is 2.45. The van der Waals surface area contributed by atoms with Crippen molar-refractivity contribution in [3.05, 3.63) is 0 Å². The van der Waals surface area contributed by atoms with E-state index >= 15 is 0 Å². The largest absolute Gasteiger partial charge is 0.390 e. The molecule has 22 heavy (non-hydrogen) atoms. The van der Waals surface area contributed by atoms with Gasteiger partial charge in [-0.15, -0.1) is 24.0 Å². The van der Waals surface area contributed by atoms with E-state index in [4.69, 9.17) is 0 Å². The van der Waals surface area contributed by atoms with Gasteiger partial charge in [0.25, 0.3) is 0 Å². The fourth-order valence-electron chi connectivity index (χ4n) is 2.20. The lowest BCUT2D eigenvalue weighted by atomic mass is 10.3. The third-order valence-corrected chi connectivity index (χ3v) is 3.56. The van der Waals surface area contributed by atoms with E-state index in [1.54, 1.807) is 7.05 Å². The first-order valence-corrected chi connectivity index (χ1v) is 7.40. The Bertz CT molecular complexity index is 317. The molecule has 0 aliphatic carbocycles. The SMILES string of the molecule is CCN1CCN(CCNC(=NC)NCCC(F)(F)F)CC1.I. The minimum Gasteiger partial charge on any atom is -0.356 e. The Kier molecular flexibility index (Phi) is 11.1. The average molecular weight is 437 g/mol. The van der Waals surface area contributed by atoms with Crippen LogP contribution in [0.15, 0.2) is 4.99 Å². The topological polar surface area (TPSA) is 42.9 Å². The predicted octanol–water partition coefficient (Wildman–Crippen LogP) is 1.36. The van der Waals surface area contributed by atoms with Crippen molar-refractivity contribution in [2.24, 2.45) is 4.99 Å². The van der Waals surface area contributed by atoms with Crippen molar-refractivity contribution in [3.8, 4) is 0 Å². The molecule has 0 aromatic carbocycles. The standard InChI is InChI=1S/C13H26F3N5.HI/c1-3-20-8-10-21(11-9-20)7-6-19-12(17-2)18-5-4-13(14,15)16;/h3-11H2,1-2H3,(H2,17,18,19);1H. The zero-order valence-corrected chi connectivity index (χ0v) is 15.6. The van der Waals surface area contributed by atoms with Crippen molar-refractivity contribution < 1.29 is 13.2 Å². The van der Waals surface area contributed by atoms with E-state index in [-0.39, 0.29) is 30.5 Å². The highest BCUT2D eigenvalue weighted by Crippen LogP contribution is 2.17. The Morgan fingerprint density at radius 2 is 1.59 bits per heavy atom. The molecular weight excluding hydrogens is 410 g/mol. The van der Waals surface area contributed by atoms with Crippen LogP contribution in [-0.2, 0) is 0 Å². The highest BCUT2D eigenvalue weighted by atomic mass is 127. The van der Waals surface area contributed by atoms with Gasteiger partial charge in [-0.1, -0.05) is 6.92 Å². The molecule has 0 saturated carbocycles. The first-order valence-electron chi connectivity index (χ1n) is 7.40. The summed E-state index contributed by atoms with van der Waals surface area (Å²) in [7, 11) is 1.56. The van der Waals surface area contributed by atoms with E-state index in [9.17, 15) is 13.2 Å². The van der Waals surface area contributed by atoms with Crippen LogP contribution in [0.2, 0.25) is 0 Å². The minimum atomic E-state index is -4.13. The van der Waals surface area contributed by atoms with Crippen LogP contribution in [0, 0.1) is 0 Å². The molecule has 0 aromatic heterocycles. The van der Waals surface area contributed by atoms with Gasteiger partial charge in [-0.2, -0.15) is 13.2 Å². The van der Waals surface area contributed by atoms with Crippen LogP contribution in [0.1, 0.15) is 13.3 Å². The minimum absolute atomic E-state index is 0. The highest BCUT2D eigenvalue weighted by molar-refractivity contribution is 14.0. The number of hydrogen-bond acceptors (Lipinski definition) is 3. The molecular formula is C13H27F3IN5. The lowest BCUT2D eigenvalue weighted by molar-refractivity contribution is -0.132. The lowest BCUT2D eigenvalue weighted by Crippen LogP contribution is -2.49. The van der Waals surface area contributed by atoms with E-state index in [2.05, 4.69) is 32.3 Å². The second-order valence-corrected chi connectivity index (χ2v) is 5.07. The maximum atomic E-state index is 12.1. The molecule has 0 unspecified atom stereocenters. The van der Waals surface area contributed by atoms with Gasteiger partial charge in [0.05, 0.1) is 6.42 Å². The van der Waals surface area contributed by atoms with Gasteiger partial charge in [0.2, 0.25) is 0 Å². The van der Waals surface area contributed by atoms with Crippen LogP contribution < -0.4 is 10.6 Å². The van der Waals surface area contributed by atoms with Gasteiger partial charge >= 0.3 is 6.18 Å². The second kappa shape index (κ2) is 11.3. The number of guanidine groups is 1. The fourth-order valence-corrected chi connectivity index (χ4v) is 2.20. The van der Waals surface area contributed by atoms with Gasteiger partial charge in [0, 0.05) is 52.9 Å². The number of likely N-dealkylation sites (N-methyl/N-ethyl adjacent to an activating group) is 1. The summed E-state index contributed by atoms with van der Waals surface area (Å²) in [6.45, 7) is 8.87. The molecule has 2 N–H and O–H groups in total. The highest BCUT2D eigenvalue weighted by Gasteiger charge is 2.26. The number of nitrogens with one attached hydrogen (secondary N) is 2.